The first-order valence-corrected chi connectivity index (χ1v) is 5.55. The van der Waals surface area contributed by atoms with Crippen molar-refractivity contribution in [1.82, 2.24) is 4.98 Å². The fraction of sp³-hybridized carbons (Fsp3) is 0.214. The Bertz CT molecular complexity index is 509. The van der Waals surface area contributed by atoms with Crippen LogP contribution in [0.25, 0.3) is 11.1 Å². The number of pyridine rings is 1. The van der Waals surface area contributed by atoms with Crippen molar-refractivity contribution in [2.24, 2.45) is 0 Å². The first-order chi connectivity index (χ1) is 8.22. The summed E-state index contributed by atoms with van der Waals surface area (Å²) in [6, 6.07) is 11.8. The zero-order valence-corrected chi connectivity index (χ0v) is 10.1. The van der Waals surface area contributed by atoms with E-state index in [0.717, 1.165) is 22.5 Å². The number of anilines is 1. The van der Waals surface area contributed by atoms with Crippen molar-refractivity contribution >= 4 is 5.82 Å². The van der Waals surface area contributed by atoms with Crippen molar-refractivity contribution < 1.29 is 5.11 Å². The molecule has 2 rings (SSSR count). The van der Waals surface area contributed by atoms with Gasteiger partial charge in [0.15, 0.2) is 0 Å². The minimum Gasteiger partial charge on any atom is -0.392 e. The van der Waals surface area contributed by atoms with Gasteiger partial charge in [-0.1, -0.05) is 18.2 Å². The normalized spacial score (nSPS) is 10.3. The molecule has 1 heterocycles. The second kappa shape index (κ2) is 4.97. The second-order valence-corrected chi connectivity index (χ2v) is 4.13. The van der Waals surface area contributed by atoms with Crippen LogP contribution in [0.4, 0.5) is 5.82 Å². The quantitative estimate of drug-likeness (QED) is 0.875. The highest BCUT2D eigenvalue weighted by atomic mass is 16.3. The first-order valence-electron chi connectivity index (χ1n) is 5.55. The van der Waals surface area contributed by atoms with Crippen LogP contribution in [-0.2, 0) is 6.61 Å². The highest BCUT2D eigenvalue weighted by Crippen LogP contribution is 2.27. The van der Waals surface area contributed by atoms with Gasteiger partial charge in [-0.15, -0.1) is 0 Å². The molecule has 0 saturated carbocycles. The largest absolute Gasteiger partial charge is 0.392 e. The number of rotatable bonds is 3. The lowest BCUT2D eigenvalue weighted by atomic mass is 10.0. The van der Waals surface area contributed by atoms with Gasteiger partial charge in [0.05, 0.1) is 6.61 Å². The molecule has 1 aromatic heterocycles. The molecule has 2 aromatic rings. The lowest BCUT2D eigenvalue weighted by Gasteiger charge is -2.16. The van der Waals surface area contributed by atoms with Crippen molar-refractivity contribution in [2.75, 3.05) is 19.0 Å². The zero-order chi connectivity index (χ0) is 12.3. The van der Waals surface area contributed by atoms with Gasteiger partial charge in [-0.05, 0) is 29.3 Å². The van der Waals surface area contributed by atoms with Gasteiger partial charge < -0.3 is 10.0 Å². The molecule has 17 heavy (non-hydrogen) atoms. The molecule has 0 aliphatic rings. The molecule has 0 unspecified atom stereocenters. The highest BCUT2D eigenvalue weighted by molar-refractivity contribution is 5.75. The van der Waals surface area contributed by atoms with Crippen LogP contribution in [0.1, 0.15) is 5.56 Å². The van der Waals surface area contributed by atoms with Crippen molar-refractivity contribution in [3.05, 3.63) is 48.2 Å². The average molecular weight is 228 g/mol. The zero-order valence-electron chi connectivity index (χ0n) is 10.1. The van der Waals surface area contributed by atoms with Gasteiger partial charge in [0.25, 0.3) is 0 Å². The Labute approximate surface area is 101 Å². The minimum atomic E-state index is 0.0609. The maximum Gasteiger partial charge on any atom is 0.135 e. The molecule has 0 saturated heterocycles. The number of nitrogens with zero attached hydrogens (tertiary/aromatic N) is 2. The molecule has 0 spiro atoms. The Hall–Kier alpha value is -1.87. The van der Waals surface area contributed by atoms with Crippen molar-refractivity contribution in [3.63, 3.8) is 0 Å². The van der Waals surface area contributed by atoms with Crippen LogP contribution < -0.4 is 4.90 Å². The SMILES string of the molecule is CN(C)c1ncccc1-c1cccc(CO)c1. The average Bonchev–Trinajstić information content (AvgIpc) is 2.39. The maximum absolute atomic E-state index is 9.16. The number of hydrogen-bond donors (Lipinski definition) is 1. The van der Waals surface area contributed by atoms with Crippen LogP contribution in [-0.4, -0.2) is 24.2 Å². The van der Waals surface area contributed by atoms with Gasteiger partial charge in [-0.2, -0.15) is 0 Å². The Morgan fingerprint density at radius 1 is 1.18 bits per heavy atom. The number of aromatic nitrogens is 1. The van der Waals surface area contributed by atoms with E-state index in [-0.39, 0.29) is 6.61 Å². The molecule has 88 valence electrons. The topological polar surface area (TPSA) is 36.4 Å². The molecule has 3 nitrogen and oxygen atoms in total. The fourth-order valence-corrected chi connectivity index (χ4v) is 1.82. The molecule has 0 atom stereocenters. The van der Waals surface area contributed by atoms with E-state index in [4.69, 9.17) is 5.11 Å². The molecule has 1 N–H and O–H groups in total. The van der Waals surface area contributed by atoms with E-state index in [2.05, 4.69) is 4.98 Å². The standard InChI is InChI=1S/C14H16N2O/c1-16(2)14-13(7-4-8-15-14)12-6-3-5-11(9-12)10-17/h3-9,17H,10H2,1-2H3. The molecule has 0 fully saturated rings. The molecule has 0 amide bonds. The van der Waals surface area contributed by atoms with Gasteiger partial charge in [0.2, 0.25) is 0 Å². The molecule has 0 aliphatic heterocycles. The van der Waals surface area contributed by atoms with Gasteiger partial charge in [-0.25, -0.2) is 4.98 Å². The highest BCUT2D eigenvalue weighted by Gasteiger charge is 2.07. The van der Waals surface area contributed by atoms with E-state index in [1.165, 1.54) is 0 Å². The van der Waals surface area contributed by atoms with Crippen LogP contribution >= 0.6 is 0 Å². The number of benzene rings is 1. The summed E-state index contributed by atoms with van der Waals surface area (Å²) in [7, 11) is 3.95. The Kier molecular flexibility index (Phi) is 3.40. The summed E-state index contributed by atoms with van der Waals surface area (Å²) in [5, 5.41) is 9.16. The molecular weight excluding hydrogens is 212 g/mol. The summed E-state index contributed by atoms with van der Waals surface area (Å²) in [6.45, 7) is 0.0609. The summed E-state index contributed by atoms with van der Waals surface area (Å²) in [5.41, 5.74) is 3.07. The van der Waals surface area contributed by atoms with E-state index >= 15 is 0 Å². The van der Waals surface area contributed by atoms with Crippen molar-refractivity contribution in [1.29, 1.82) is 0 Å². The monoisotopic (exact) mass is 228 g/mol. The Morgan fingerprint density at radius 2 is 2.00 bits per heavy atom. The van der Waals surface area contributed by atoms with E-state index < -0.39 is 0 Å². The third-order valence-electron chi connectivity index (χ3n) is 2.63. The summed E-state index contributed by atoms with van der Waals surface area (Å²) >= 11 is 0. The van der Waals surface area contributed by atoms with E-state index in [0.29, 0.717) is 0 Å². The summed E-state index contributed by atoms with van der Waals surface area (Å²) in [4.78, 5) is 6.36. The maximum atomic E-state index is 9.16. The van der Waals surface area contributed by atoms with Gasteiger partial charge in [0, 0.05) is 25.9 Å². The number of aliphatic hydroxyl groups excluding tert-OH is 1. The fourth-order valence-electron chi connectivity index (χ4n) is 1.82. The predicted molar refractivity (Wildman–Crippen MR) is 69.9 cm³/mol. The molecule has 0 aliphatic carbocycles. The van der Waals surface area contributed by atoms with Crippen molar-refractivity contribution in [3.8, 4) is 11.1 Å². The summed E-state index contributed by atoms with van der Waals surface area (Å²) in [5.74, 6) is 0.933. The van der Waals surface area contributed by atoms with E-state index in [1.807, 2.05) is 55.4 Å². The van der Waals surface area contributed by atoms with E-state index in [9.17, 15) is 0 Å². The van der Waals surface area contributed by atoms with Crippen molar-refractivity contribution in [2.45, 2.75) is 6.61 Å². The third kappa shape index (κ3) is 2.45. The van der Waals surface area contributed by atoms with E-state index in [1.54, 1.807) is 6.20 Å². The Morgan fingerprint density at radius 3 is 2.71 bits per heavy atom. The molecule has 0 radical (unpaired) electrons. The summed E-state index contributed by atoms with van der Waals surface area (Å²) in [6.07, 6.45) is 1.79. The van der Waals surface area contributed by atoms with Gasteiger partial charge >= 0.3 is 0 Å². The lowest BCUT2D eigenvalue weighted by molar-refractivity contribution is 0.282. The molecule has 0 bridgehead atoms. The van der Waals surface area contributed by atoms with Crippen LogP contribution in [0.15, 0.2) is 42.6 Å². The molecule has 1 aromatic carbocycles. The third-order valence-corrected chi connectivity index (χ3v) is 2.63. The van der Waals surface area contributed by atoms with Crippen LogP contribution in [0.3, 0.4) is 0 Å². The summed E-state index contributed by atoms with van der Waals surface area (Å²) < 4.78 is 0. The van der Waals surface area contributed by atoms with Gasteiger partial charge in [0.1, 0.15) is 5.82 Å². The molecule has 3 heteroatoms. The lowest BCUT2D eigenvalue weighted by Crippen LogP contribution is -2.11. The number of aliphatic hydroxyl groups is 1. The van der Waals surface area contributed by atoms with Crippen LogP contribution in [0.2, 0.25) is 0 Å². The predicted octanol–water partition coefficient (Wildman–Crippen LogP) is 2.31. The van der Waals surface area contributed by atoms with Crippen LogP contribution in [0, 0.1) is 0 Å². The second-order valence-electron chi connectivity index (χ2n) is 4.13. The van der Waals surface area contributed by atoms with Crippen LogP contribution in [0.5, 0.6) is 0 Å². The minimum absolute atomic E-state index is 0.0609. The smallest absolute Gasteiger partial charge is 0.135 e. The first kappa shape index (κ1) is 11.6. The molecular formula is C14H16N2O. The Balaban J connectivity index is 2.52. The van der Waals surface area contributed by atoms with Gasteiger partial charge in [-0.3, -0.25) is 0 Å². The number of hydrogen-bond acceptors (Lipinski definition) is 3.